The van der Waals surface area contributed by atoms with Gasteiger partial charge in [-0.15, -0.1) is 0 Å². The maximum atomic E-state index is 12.4. The molecule has 0 aliphatic carbocycles. The maximum absolute atomic E-state index is 12.4. The number of nitrogens with zero attached hydrogens (tertiary/aromatic N) is 4. The lowest BCUT2D eigenvalue weighted by Gasteiger charge is -2.43. The van der Waals surface area contributed by atoms with E-state index in [2.05, 4.69) is 32.1 Å². The van der Waals surface area contributed by atoms with Gasteiger partial charge in [-0.3, -0.25) is 14.6 Å². The second-order valence-corrected chi connectivity index (χ2v) is 12.1. The van der Waals surface area contributed by atoms with Gasteiger partial charge in [-0.25, -0.2) is 0 Å². The average Bonchev–Trinajstić information content (AvgIpc) is 2.99. The van der Waals surface area contributed by atoms with Crippen LogP contribution in [0.1, 0.15) is 42.4 Å². The minimum atomic E-state index is 0.0405. The summed E-state index contributed by atoms with van der Waals surface area (Å²) in [5.74, 6) is 2.56. The molecule has 0 bridgehead atoms. The number of pyridine rings is 1. The van der Waals surface area contributed by atoms with E-state index < -0.39 is 0 Å². The van der Waals surface area contributed by atoms with Crippen LogP contribution in [0.4, 0.5) is 0 Å². The lowest BCUT2D eigenvalue weighted by Crippen LogP contribution is -2.53. The van der Waals surface area contributed by atoms with Gasteiger partial charge in [0, 0.05) is 69.7 Å². The zero-order valence-electron chi connectivity index (χ0n) is 25.3. The number of likely N-dealkylation sites (tertiary alicyclic amines) is 1. The molecule has 1 N–H and O–H groups in total. The molecule has 3 aliphatic heterocycles. The SMILES string of the molecule is COc1cc(-c2cn(C)c(=O)c(C)c2C)cc(OC)c1CN1CCN(C2CCN(CC3CCNCC3)CC2)CC1. The van der Waals surface area contributed by atoms with E-state index in [0.29, 0.717) is 0 Å². The second kappa shape index (κ2) is 13.1. The molecule has 0 radical (unpaired) electrons. The molecule has 0 saturated carbocycles. The third-order valence-corrected chi connectivity index (χ3v) is 9.69. The van der Waals surface area contributed by atoms with Crippen molar-refractivity contribution in [2.24, 2.45) is 13.0 Å². The van der Waals surface area contributed by atoms with Crippen molar-refractivity contribution >= 4 is 0 Å². The molecule has 1 aromatic carbocycles. The molecule has 3 aliphatic rings. The topological polar surface area (TPSA) is 62.2 Å². The van der Waals surface area contributed by atoms with E-state index in [9.17, 15) is 4.79 Å². The van der Waals surface area contributed by atoms with Gasteiger partial charge in [-0.2, -0.15) is 0 Å². The predicted octanol–water partition coefficient (Wildman–Crippen LogP) is 3.27. The Morgan fingerprint density at radius 1 is 0.850 bits per heavy atom. The maximum Gasteiger partial charge on any atom is 0.253 e. The number of hydrogen-bond acceptors (Lipinski definition) is 7. The zero-order valence-corrected chi connectivity index (χ0v) is 25.3. The quantitative estimate of drug-likeness (QED) is 0.540. The van der Waals surface area contributed by atoms with E-state index in [4.69, 9.17) is 9.47 Å². The van der Waals surface area contributed by atoms with Crippen molar-refractivity contribution in [2.45, 2.75) is 52.1 Å². The largest absolute Gasteiger partial charge is 0.496 e. The predicted molar refractivity (Wildman–Crippen MR) is 162 cm³/mol. The van der Waals surface area contributed by atoms with Gasteiger partial charge < -0.3 is 24.3 Å². The number of rotatable bonds is 8. The summed E-state index contributed by atoms with van der Waals surface area (Å²) in [6.45, 7) is 15.3. The monoisotopic (exact) mass is 551 g/mol. The lowest BCUT2D eigenvalue weighted by atomic mass is 9.95. The molecule has 5 rings (SSSR count). The van der Waals surface area contributed by atoms with E-state index >= 15 is 0 Å². The van der Waals surface area contributed by atoms with Crippen LogP contribution in [0.2, 0.25) is 0 Å². The Morgan fingerprint density at radius 2 is 1.48 bits per heavy atom. The fourth-order valence-electron chi connectivity index (χ4n) is 6.97. The van der Waals surface area contributed by atoms with E-state index in [1.807, 2.05) is 20.0 Å². The summed E-state index contributed by atoms with van der Waals surface area (Å²) in [5.41, 5.74) is 4.93. The van der Waals surface area contributed by atoms with Crippen molar-refractivity contribution < 1.29 is 9.47 Å². The highest BCUT2D eigenvalue weighted by Crippen LogP contribution is 2.37. The van der Waals surface area contributed by atoms with Crippen molar-refractivity contribution in [1.82, 2.24) is 24.6 Å². The molecule has 40 heavy (non-hydrogen) atoms. The van der Waals surface area contributed by atoms with Crippen LogP contribution >= 0.6 is 0 Å². The number of hydrogen-bond donors (Lipinski definition) is 1. The highest BCUT2D eigenvalue weighted by atomic mass is 16.5. The van der Waals surface area contributed by atoms with Gasteiger partial charge in [-0.1, -0.05) is 0 Å². The third-order valence-electron chi connectivity index (χ3n) is 9.69. The molecule has 0 unspecified atom stereocenters. The first-order chi connectivity index (χ1) is 19.4. The van der Waals surface area contributed by atoms with Crippen LogP contribution in [0.5, 0.6) is 11.5 Å². The van der Waals surface area contributed by atoms with Crippen LogP contribution in [0.25, 0.3) is 11.1 Å². The first-order valence-electron chi connectivity index (χ1n) is 15.2. The van der Waals surface area contributed by atoms with Gasteiger partial charge in [-0.05, 0) is 94.9 Å². The van der Waals surface area contributed by atoms with E-state index in [1.54, 1.807) is 25.8 Å². The summed E-state index contributed by atoms with van der Waals surface area (Å²) in [7, 11) is 5.27. The second-order valence-electron chi connectivity index (χ2n) is 12.1. The van der Waals surface area contributed by atoms with Gasteiger partial charge in [0.05, 0.1) is 19.8 Å². The van der Waals surface area contributed by atoms with E-state index in [1.165, 1.54) is 58.4 Å². The minimum Gasteiger partial charge on any atom is -0.496 e. The van der Waals surface area contributed by atoms with Crippen LogP contribution in [-0.2, 0) is 13.6 Å². The third kappa shape index (κ3) is 6.40. The smallest absolute Gasteiger partial charge is 0.253 e. The number of aromatic nitrogens is 1. The van der Waals surface area contributed by atoms with Crippen molar-refractivity contribution in [1.29, 1.82) is 0 Å². The molecule has 8 heteroatoms. The summed E-state index contributed by atoms with van der Waals surface area (Å²) in [5, 5.41) is 3.50. The Morgan fingerprint density at radius 3 is 2.08 bits per heavy atom. The van der Waals surface area contributed by atoms with Crippen LogP contribution in [-0.4, -0.2) is 98.4 Å². The summed E-state index contributed by atoms with van der Waals surface area (Å²) in [6.07, 6.45) is 7.20. The number of aryl methyl sites for hydroxylation is 1. The zero-order chi connectivity index (χ0) is 28.2. The van der Waals surface area contributed by atoms with Crippen LogP contribution in [0.15, 0.2) is 23.1 Å². The van der Waals surface area contributed by atoms with Gasteiger partial charge in [0.25, 0.3) is 5.56 Å². The fraction of sp³-hybridized carbons (Fsp3) is 0.656. The highest BCUT2D eigenvalue weighted by Gasteiger charge is 2.29. The van der Waals surface area contributed by atoms with E-state index in [0.717, 1.165) is 84.0 Å². The number of benzene rings is 1. The Bertz CT molecular complexity index is 1180. The fourth-order valence-corrected chi connectivity index (χ4v) is 6.97. The van der Waals surface area contributed by atoms with Crippen molar-refractivity contribution in [3.05, 3.63) is 45.4 Å². The van der Waals surface area contributed by atoms with Gasteiger partial charge in [0.15, 0.2) is 0 Å². The van der Waals surface area contributed by atoms with E-state index in [-0.39, 0.29) is 5.56 Å². The number of ether oxygens (including phenoxy) is 2. The molecule has 0 spiro atoms. The summed E-state index contributed by atoms with van der Waals surface area (Å²) < 4.78 is 13.5. The molecule has 1 aromatic heterocycles. The number of piperidine rings is 2. The summed E-state index contributed by atoms with van der Waals surface area (Å²) in [4.78, 5) is 20.4. The minimum absolute atomic E-state index is 0.0405. The average molecular weight is 552 g/mol. The number of methoxy groups -OCH3 is 2. The van der Waals surface area contributed by atoms with Crippen LogP contribution < -0.4 is 20.3 Å². The van der Waals surface area contributed by atoms with Gasteiger partial charge >= 0.3 is 0 Å². The molecule has 3 saturated heterocycles. The molecular weight excluding hydrogens is 502 g/mol. The molecule has 0 atom stereocenters. The van der Waals surface area contributed by atoms with Crippen molar-refractivity contribution in [2.75, 3.05) is 73.1 Å². The molecule has 3 fully saturated rings. The highest BCUT2D eigenvalue weighted by molar-refractivity contribution is 5.72. The van der Waals surface area contributed by atoms with Crippen LogP contribution in [0.3, 0.4) is 0 Å². The van der Waals surface area contributed by atoms with Gasteiger partial charge in [0.2, 0.25) is 0 Å². The molecule has 8 nitrogen and oxygen atoms in total. The summed E-state index contributed by atoms with van der Waals surface area (Å²) in [6, 6.07) is 4.92. The van der Waals surface area contributed by atoms with Crippen molar-refractivity contribution in [3.8, 4) is 22.6 Å². The molecule has 220 valence electrons. The molecule has 2 aromatic rings. The Kier molecular flexibility index (Phi) is 9.51. The first-order valence-corrected chi connectivity index (χ1v) is 15.2. The Balaban J connectivity index is 1.20. The van der Waals surface area contributed by atoms with Crippen LogP contribution in [0, 0.1) is 19.8 Å². The number of piperazine rings is 1. The number of nitrogens with one attached hydrogen (secondary N) is 1. The lowest BCUT2D eigenvalue weighted by molar-refractivity contribution is 0.0512. The normalized spacial score (nSPS) is 20.6. The molecule has 0 amide bonds. The Hall–Kier alpha value is -2.39. The van der Waals surface area contributed by atoms with Crippen molar-refractivity contribution in [3.63, 3.8) is 0 Å². The molecular formula is C32H49N5O3. The summed E-state index contributed by atoms with van der Waals surface area (Å²) >= 11 is 0. The van der Waals surface area contributed by atoms with Gasteiger partial charge in [0.1, 0.15) is 11.5 Å². The first kappa shape index (κ1) is 29.1. The Labute approximate surface area is 240 Å². The standard InChI is InChI=1S/C32H49N5O3/c1-23-24(2)32(38)34(3)21-28(23)26-18-30(39-4)29(31(19-26)40-5)22-36-14-16-37(17-15-36)27-8-12-35(13-9-27)20-25-6-10-33-11-7-25/h18-19,21,25,27,33H,6-17,20,22H2,1-5H3. The molecule has 4 heterocycles.